The van der Waals surface area contributed by atoms with Gasteiger partial charge in [0.05, 0.1) is 16.1 Å². The van der Waals surface area contributed by atoms with E-state index in [1.54, 1.807) is 0 Å². The Balaban J connectivity index is 2.10. The molecule has 0 radical (unpaired) electrons. The van der Waals surface area contributed by atoms with E-state index >= 15 is 0 Å². The first-order valence-corrected chi connectivity index (χ1v) is 8.57. The molecule has 0 N–H and O–H groups in total. The predicted molar refractivity (Wildman–Crippen MR) is 84.6 cm³/mol. The van der Waals surface area contributed by atoms with Crippen molar-refractivity contribution < 1.29 is 0 Å². The van der Waals surface area contributed by atoms with E-state index in [0.717, 1.165) is 34.8 Å². The van der Waals surface area contributed by atoms with Crippen LogP contribution in [0.3, 0.4) is 0 Å². The molecule has 0 atom stereocenters. The van der Waals surface area contributed by atoms with Gasteiger partial charge in [-0.1, -0.05) is 17.7 Å². The van der Waals surface area contributed by atoms with Gasteiger partial charge in [-0.15, -0.1) is 11.6 Å². The van der Waals surface area contributed by atoms with Gasteiger partial charge in [0.25, 0.3) is 0 Å². The number of alkyl halides is 1. The first-order chi connectivity index (χ1) is 9.19. The minimum atomic E-state index is 0.383. The molecular weight excluding hydrogens is 299 g/mol. The van der Waals surface area contributed by atoms with Gasteiger partial charge in [-0.25, -0.2) is 4.98 Å². The van der Waals surface area contributed by atoms with Crippen molar-refractivity contribution in [1.82, 2.24) is 9.55 Å². The Kier molecular flexibility index (Phi) is 3.71. The summed E-state index contributed by atoms with van der Waals surface area (Å²) in [7, 11) is 0. The molecular formula is C14H16Cl2N2S. The third-order valence-corrected chi connectivity index (χ3v) is 5.70. The summed E-state index contributed by atoms with van der Waals surface area (Å²) in [5, 5.41) is 0.780. The van der Waals surface area contributed by atoms with Gasteiger partial charge in [0.15, 0.2) is 0 Å². The lowest BCUT2D eigenvalue weighted by molar-refractivity contribution is 0.645. The molecule has 0 amide bonds. The first-order valence-electron chi connectivity index (χ1n) is 6.44. The zero-order valence-electron chi connectivity index (χ0n) is 10.8. The van der Waals surface area contributed by atoms with Crippen LogP contribution in [-0.2, 0) is 13.0 Å². The number of nitrogens with zero attached hydrogens (tertiary/aromatic N) is 2. The summed E-state index contributed by atoms with van der Waals surface area (Å²) < 4.78 is 2.66. The minimum absolute atomic E-state index is 0.383. The van der Waals surface area contributed by atoms with Crippen LogP contribution in [0.5, 0.6) is 0 Å². The molecule has 1 aromatic heterocycles. The van der Waals surface area contributed by atoms with Crippen LogP contribution in [0.2, 0.25) is 5.02 Å². The van der Waals surface area contributed by atoms with Crippen molar-refractivity contribution >= 4 is 46.0 Å². The average molecular weight is 315 g/mol. The molecule has 0 aliphatic heterocycles. The fourth-order valence-electron chi connectivity index (χ4n) is 2.49. The van der Waals surface area contributed by atoms with Gasteiger partial charge in [0.1, 0.15) is 5.82 Å². The molecule has 0 spiro atoms. The molecule has 0 unspecified atom stereocenters. The van der Waals surface area contributed by atoms with Crippen LogP contribution in [0.1, 0.15) is 18.7 Å². The highest BCUT2D eigenvalue weighted by Crippen LogP contribution is 2.49. The van der Waals surface area contributed by atoms with Crippen LogP contribution in [0.15, 0.2) is 18.2 Å². The molecule has 1 aromatic carbocycles. The highest BCUT2D eigenvalue weighted by Gasteiger charge is 2.42. The van der Waals surface area contributed by atoms with E-state index in [2.05, 4.69) is 10.8 Å². The van der Waals surface area contributed by atoms with E-state index < -0.39 is 0 Å². The summed E-state index contributed by atoms with van der Waals surface area (Å²) in [5.74, 6) is 1.64. The second kappa shape index (κ2) is 5.19. The van der Waals surface area contributed by atoms with E-state index in [4.69, 9.17) is 28.2 Å². The zero-order chi connectivity index (χ0) is 13.5. The monoisotopic (exact) mass is 314 g/mol. The molecule has 5 heteroatoms. The van der Waals surface area contributed by atoms with Gasteiger partial charge in [-0.05, 0) is 31.2 Å². The van der Waals surface area contributed by atoms with Gasteiger partial charge in [0.2, 0.25) is 0 Å². The number of thioether (sulfide) groups is 1. The number of hydrogen-bond donors (Lipinski definition) is 0. The van der Waals surface area contributed by atoms with Crippen molar-refractivity contribution in [3.05, 3.63) is 29.0 Å². The number of aryl methyl sites for hydroxylation is 1. The largest absolute Gasteiger partial charge is 0.325 e. The molecule has 1 fully saturated rings. The van der Waals surface area contributed by atoms with E-state index in [1.807, 2.05) is 30.0 Å². The van der Waals surface area contributed by atoms with Crippen LogP contribution < -0.4 is 0 Å². The zero-order valence-corrected chi connectivity index (χ0v) is 13.2. The van der Waals surface area contributed by atoms with Gasteiger partial charge in [-0.2, -0.15) is 11.8 Å². The highest BCUT2D eigenvalue weighted by atomic mass is 35.5. The molecule has 19 heavy (non-hydrogen) atoms. The predicted octanol–water partition coefficient (Wildman–Crippen LogP) is 4.37. The van der Waals surface area contributed by atoms with Crippen molar-refractivity contribution in [3.8, 4) is 0 Å². The summed E-state index contributed by atoms with van der Waals surface area (Å²) in [6, 6.07) is 5.91. The third kappa shape index (κ3) is 2.48. The fraction of sp³-hybridized carbons (Fsp3) is 0.500. The van der Waals surface area contributed by atoms with E-state index in [1.165, 1.54) is 12.8 Å². The lowest BCUT2D eigenvalue weighted by Crippen LogP contribution is -2.16. The quantitative estimate of drug-likeness (QED) is 0.763. The second-order valence-electron chi connectivity index (χ2n) is 5.05. The number of para-hydroxylation sites is 1. The van der Waals surface area contributed by atoms with Crippen LogP contribution >= 0.6 is 35.0 Å². The molecule has 1 aliphatic rings. The third-order valence-electron chi connectivity index (χ3n) is 3.80. The summed E-state index contributed by atoms with van der Waals surface area (Å²) in [6.07, 6.45) is 5.53. The van der Waals surface area contributed by atoms with Crippen LogP contribution in [-0.4, -0.2) is 26.4 Å². The Labute approximate surface area is 127 Å². The average Bonchev–Trinajstić information content (AvgIpc) is 3.09. The maximum absolute atomic E-state index is 6.37. The Hall–Kier alpha value is -0.380. The number of aromatic nitrogens is 2. The van der Waals surface area contributed by atoms with Crippen molar-refractivity contribution in [1.29, 1.82) is 0 Å². The Bertz CT molecular complexity index is 605. The fourth-order valence-corrected chi connectivity index (χ4v) is 3.70. The standard InChI is InChI=1S/C14H16Cl2N2S/c1-19-14(6-7-14)9-18-12(5-8-15)17-11-4-2-3-10(16)13(11)18/h2-4H,5-9H2,1H3. The summed E-state index contributed by atoms with van der Waals surface area (Å²) in [5.41, 5.74) is 2.04. The lowest BCUT2D eigenvalue weighted by atomic mass is 10.3. The molecule has 2 nitrogen and oxygen atoms in total. The van der Waals surface area contributed by atoms with E-state index in [0.29, 0.717) is 10.6 Å². The summed E-state index contributed by atoms with van der Waals surface area (Å²) in [4.78, 5) is 4.69. The van der Waals surface area contributed by atoms with E-state index in [-0.39, 0.29) is 0 Å². The van der Waals surface area contributed by atoms with Gasteiger partial charge in [-0.3, -0.25) is 0 Å². The van der Waals surface area contributed by atoms with Gasteiger partial charge < -0.3 is 4.57 Å². The SMILES string of the molecule is CSC1(Cn2c(CCCl)nc3cccc(Cl)c32)CC1. The summed E-state index contributed by atoms with van der Waals surface area (Å²) in [6.45, 7) is 0.987. The summed E-state index contributed by atoms with van der Waals surface area (Å²) >= 11 is 14.2. The number of benzene rings is 1. The van der Waals surface area contributed by atoms with Crippen molar-refractivity contribution in [2.75, 3.05) is 12.1 Å². The topological polar surface area (TPSA) is 17.8 Å². The Morgan fingerprint density at radius 3 is 2.84 bits per heavy atom. The number of fused-ring (bicyclic) bond motifs is 1. The van der Waals surface area contributed by atoms with Crippen molar-refractivity contribution in [2.45, 2.75) is 30.6 Å². The number of imidazole rings is 1. The molecule has 1 aliphatic carbocycles. The molecule has 2 aromatic rings. The Morgan fingerprint density at radius 1 is 1.42 bits per heavy atom. The molecule has 3 rings (SSSR count). The maximum atomic E-state index is 6.37. The first kappa shape index (κ1) is 13.6. The maximum Gasteiger partial charge on any atom is 0.111 e. The number of hydrogen-bond acceptors (Lipinski definition) is 2. The Morgan fingerprint density at radius 2 is 2.21 bits per heavy atom. The van der Waals surface area contributed by atoms with Crippen molar-refractivity contribution in [3.63, 3.8) is 0 Å². The minimum Gasteiger partial charge on any atom is -0.325 e. The van der Waals surface area contributed by atoms with Gasteiger partial charge in [0, 0.05) is 23.6 Å². The van der Waals surface area contributed by atoms with Crippen LogP contribution in [0.4, 0.5) is 0 Å². The van der Waals surface area contributed by atoms with Gasteiger partial charge >= 0.3 is 0 Å². The molecule has 1 heterocycles. The number of rotatable bonds is 5. The smallest absolute Gasteiger partial charge is 0.111 e. The number of halogens is 2. The van der Waals surface area contributed by atoms with Crippen molar-refractivity contribution in [2.24, 2.45) is 0 Å². The normalized spacial score (nSPS) is 17.0. The molecule has 102 valence electrons. The van der Waals surface area contributed by atoms with E-state index in [9.17, 15) is 0 Å². The second-order valence-corrected chi connectivity index (χ2v) is 7.11. The molecule has 0 saturated heterocycles. The van der Waals surface area contributed by atoms with Crippen LogP contribution in [0.25, 0.3) is 11.0 Å². The highest BCUT2D eigenvalue weighted by molar-refractivity contribution is 8.00. The lowest BCUT2D eigenvalue weighted by Gasteiger charge is -2.16. The van der Waals surface area contributed by atoms with Crippen LogP contribution in [0, 0.1) is 0 Å². The molecule has 0 bridgehead atoms. The molecule has 1 saturated carbocycles.